The molecule has 4 amide bonds. The molecule has 0 aliphatic carbocycles. The second kappa shape index (κ2) is 8.84. The van der Waals surface area contributed by atoms with E-state index >= 15 is 0 Å². The van der Waals surface area contributed by atoms with Crippen molar-refractivity contribution >= 4 is 17.8 Å². The molecule has 2 heterocycles. The van der Waals surface area contributed by atoms with Crippen LogP contribution in [-0.4, -0.2) is 59.4 Å². The summed E-state index contributed by atoms with van der Waals surface area (Å²) in [6.07, 6.45) is 5.08. The number of carbonyl (C=O) groups excluding carboxylic acids is 3. The molecular formula is C22H31N3O4. The number of hydrogen-bond acceptors (Lipinski definition) is 4. The van der Waals surface area contributed by atoms with Gasteiger partial charge in [-0.15, -0.1) is 0 Å². The zero-order valence-corrected chi connectivity index (χ0v) is 17.6. The monoisotopic (exact) mass is 401 g/mol. The number of rotatable bonds is 7. The van der Waals surface area contributed by atoms with Crippen molar-refractivity contribution in [1.82, 2.24) is 15.1 Å². The van der Waals surface area contributed by atoms with Crippen LogP contribution in [0.2, 0.25) is 0 Å². The number of carbonyl (C=O) groups is 3. The molecule has 1 aromatic carbocycles. The third-order valence-electron chi connectivity index (χ3n) is 6.13. The summed E-state index contributed by atoms with van der Waals surface area (Å²) in [5.41, 5.74) is 0.0614. The number of piperidine rings is 1. The Morgan fingerprint density at radius 3 is 2.62 bits per heavy atom. The zero-order chi connectivity index (χ0) is 21.0. The summed E-state index contributed by atoms with van der Waals surface area (Å²) in [5, 5.41) is 2.80. The fraction of sp³-hybridized carbons (Fsp3) is 0.591. The molecule has 2 saturated heterocycles. The predicted molar refractivity (Wildman–Crippen MR) is 110 cm³/mol. The molecular weight excluding hydrogens is 370 g/mol. The molecule has 0 saturated carbocycles. The average molecular weight is 402 g/mol. The second-order valence-electron chi connectivity index (χ2n) is 8.15. The highest BCUT2D eigenvalue weighted by Gasteiger charge is 2.48. The quantitative estimate of drug-likeness (QED) is 0.713. The van der Waals surface area contributed by atoms with E-state index in [1.807, 2.05) is 29.2 Å². The van der Waals surface area contributed by atoms with E-state index in [1.165, 1.54) is 0 Å². The molecule has 0 aromatic heterocycles. The maximum Gasteiger partial charge on any atom is 0.325 e. The first-order chi connectivity index (χ1) is 13.9. The summed E-state index contributed by atoms with van der Waals surface area (Å²) < 4.78 is 5.16. The predicted octanol–water partition coefficient (Wildman–Crippen LogP) is 2.73. The molecule has 29 heavy (non-hydrogen) atoms. The molecule has 1 aromatic rings. The van der Waals surface area contributed by atoms with Gasteiger partial charge in [-0.1, -0.05) is 19.1 Å². The topological polar surface area (TPSA) is 79.0 Å². The fourth-order valence-corrected chi connectivity index (χ4v) is 4.23. The highest BCUT2D eigenvalue weighted by Crippen LogP contribution is 2.25. The molecule has 2 fully saturated rings. The molecule has 7 nitrogen and oxygen atoms in total. The van der Waals surface area contributed by atoms with E-state index in [0.29, 0.717) is 19.4 Å². The number of amides is 4. The van der Waals surface area contributed by atoms with Gasteiger partial charge in [-0.3, -0.25) is 14.5 Å². The highest BCUT2D eigenvalue weighted by molar-refractivity contribution is 6.08. The van der Waals surface area contributed by atoms with Crippen LogP contribution in [0, 0.1) is 0 Å². The normalized spacial score (nSPS) is 24.6. The van der Waals surface area contributed by atoms with Crippen LogP contribution >= 0.6 is 0 Å². The van der Waals surface area contributed by atoms with Gasteiger partial charge in [0.25, 0.3) is 5.91 Å². The smallest absolute Gasteiger partial charge is 0.325 e. The Morgan fingerprint density at radius 2 is 1.97 bits per heavy atom. The van der Waals surface area contributed by atoms with E-state index in [0.717, 1.165) is 41.9 Å². The number of methoxy groups -OCH3 is 1. The van der Waals surface area contributed by atoms with Gasteiger partial charge in [0.1, 0.15) is 17.8 Å². The molecule has 0 bridgehead atoms. The molecule has 0 radical (unpaired) electrons. The van der Waals surface area contributed by atoms with Gasteiger partial charge in [0, 0.05) is 12.6 Å². The lowest BCUT2D eigenvalue weighted by Crippen LogP contribution is -2.49. The summed E-state index contributed by atoms with van der Waals surface area (Å²) >= 11 is 0. The number of nitrogens with zero attached hydrogens (tertiary/aromatic N) is 2. The number of likely N-dealkylation sites (tertiary alicyclic amines) is 1. The van der Waals surface area contributed by atoms with Crippen LogP contribution in [0.3, 0.4) is 0 Å². The molecule has 0 unspecified atom stereocenters. The lowest BCUT2D eigenvalue weighted by atomic mass is 9.93. The van der Waals surface area contributed by atoms with Crippen LogP contribution in [-0.2, 0) is 16.0 Å². The minimum atomic E-state index is -0.997. The molecule has 0 spiro atoms. The van der Waals surface area contributed by atoms with Gasteiger partial charge >= 0.3 is 6.03 Å². The number of benzene rings is 1. The van der Waals surface area contributed by atoms with Gasteiger partial charge in [0.05, 0.1) is 7.11 Å². The largest absolute Gasteiger partial charge is 0.497 e. The first-order valence-corrected chi connectivity index (χ1v) is 10.4. The van der Waals surface area contributed by atoms with Crippen molar-refractivity contribution in [3.8, 4) is 5.75 Å². The number of ether oxygens (including phenoxy) is 1. The maximum absolute atomic E-state index is 13.0. The van der Waals surface area contributed by atoms with Gasteiger partial charge in [-0.25, -0.2) is 4.79 Å². The van der Waals surface area contributed by atoms with E-state index < -0.39 is 11.6 Å². The van der Waals surface area contributed by atoms with Gasteiger partial charge in [-0.2, -0.15) is 0 Å². The Balaban J connectivity index is 1.62. The van der Waals surface area contributed by atoms with Crippen LogP contribution in [0.15, 0.2) is 24.3 Å². The third kappa shape index (κ3) is 4.54. The van der Waals surface area contributed by atoms with E-state index in [1.54, 1.807) is 14.0 Å². The number of hydrogen-bond donors (Lipinski definition) is 1. The Hall–Kier alpha value is -2.57. The molecule has 158 valence electrons. The van der Waals surface area contributed by atoms with Gasteiger partial charge in [0.15, 0.2) is 0 Å². The Bertz CT molecular complexity index is 764. The standard InChI is InChI=1S/C22H31N3O4/c1-4-17-7-5-6-14-24(17)19(26)15-25-20(27)22(2,23-21(25)28)13-12-16-8-10-18(29-3)11-9-16/h8-11,17H,4-7,12-15H2,1-3H3,(H,23,28)/t17-,22-/m0/s1. The molecule has 2 atom stereocenters. The lowest BCUT2D eigenvalue weighted by molar-refractivity contribution is -0.141. The van der Waals surface area contributed by atoms with Gasteiger partial charge in [0.2, 0.25) is 5.91 Å². The third-order valence-corrected chi connectivity index (χ3v) is 6.13. The number of nitrogens with one attached hydrogen (secondary N) is 1. The van der Waals surface area contributed by atoms with Crippen molar-refractivity contribution in [2.45, 2.75) is 64.0 Å². The Morgan fingerprint density at radius 1 is 1.24 bits per heavy atom. The van der Waals surface area contributed by atoms with Crippen LogP contribution in [0.1, 0.15) is 51.5 Å². The first kappa shape index (κ1) is 21.1. The van der Waals surface area contributed by atoms with Crippen molar-refractivity contribution in [2.24, 2.45) is 0 Å². The summed E-state index contributed by atoms with van der Waals surface area (Å²) in [5.74, 6) is 0.312. The zero-order valence-electron chi connectivity index (χ0n) is 17.6. The molecule has 2 aliphatic heterocycles. The summed E-state index contributed by atoms with van der Waals surface area (Å²) in [4.78, 5) is 41.2. The lowest BCUT2D eigenvalue weighted by Gasteiger charge is -2.36. The van der Waals surface area contributed by atoms with Crippen LogP contribution in [0.5, 0.6) is 5.75 Å². The first-order valence-electron chi connectivity index (χ1n) is 10.4. The summed E-state index contributed by atoms with van der Waals surface area (Å²) in [6, 6.07) is 7.38. The van der Waals surface area contributed by atoms with E-state index in [2.05, 4.69) is 12.2 Å². The van der Waals surface area contributed by atoms with Crippen molar-refractivity contribution in [2.75, 3.05) is 20.2 Å². The maximum atomic E-state index is 13.0. The molecule has 3 rings (SSSR count). The molecule has 7 heteroatoms. The Labute approximate surface area is 172 Å². The van der Waals surface area contributed by atoms with E-state index in [9.17, 15) is 14.4 Å². The second-order valence-corrected chi connectivity index (χ2v) is 8.15. The van der Waals surface area contributed by atoms with Crippen molar-refractivity contribution < 1.29 is 19.1 Å². The van der Waals surface area contributed by atoms with Crippen LogP contribution in [0.25, 0.3) is 0 Å². The van der Waals surface area contributed by atoms with Gasteiger partial charge in [-0.05, 0) is 63.1 Å². The van der Waals surface area contributed by atoms with Crippen molar-refractivity contribution in [3.05, 3.63) is 29.8 Å². The fourth-order valence-electron chi connectivity index (χ4n) is 4.23. The van der Waals surface area contributed by atoms with Crippen LogP contribution < -0.4 is 10.1 Å². The highest BCUT2D eigenvalue weighted by atomic mass is 16.5. The summed E-state index contributed by atoms with van der Waals surface area (Å²) in [7, 11) is 1.62. The SMILES string of the molecule is CC[C@H]1CCCCN1C(=O)CN1C(=O)N[C@@](C)(CCc2ccc(OC)cc2)C1=O. The van der Waals surface area contributed by atoms with Crippen molar-refractivity contribution in [1.29, 1.82) is 0 Å². The van der Waals surface area contributed by atoms with E-state index in [4.69, 9.17) is 4.74 Å². The number of urea groups is 1. The molecule has 2 aliphatic rings. The van der Waals surface area contributed by atoms with Crippen LogP contribution in [0.4, 0.5) is 4.79 Å². The molecule has 1 N–H and O–H groups in total. The Kier molecular flexibility index (Phi) is 6.45. The average Bonchev–Trinajstić information content (AvgIpc) is 2.95. The number of aryl methyl sites for hydroxylation is 1. The van der Waals surface area contributed by atoms with Crippen molar-refractivity contribution in [3.63, 3.8) is 0 Å². The van der Waals surface area contributed by atoms with Gasteiger partial charge < -0.3 is 15.0 Å². The number of imide groups is 1. The van der Waals surface area contributed by atoms with E-state index in [-0.39, 0.29) is 24.4 Å². The minimum Gasteiger partial charge on any atom is -0.497 e. The summed E-state index contributed by atoms with van der Waals surface area (Å²) in [6.45, 7) is 4.33. The minimum absolute atomic E-state index is 0.139.